The minimum Gasteiger partial charge on any atom is -0.392 e. The number of hydrogen-bond acceptors (Lipinski definition) is 2. The van der Waals surface area contributed by atoms with Crippen LogP contribution < -0.4 is 5.73 Å². The fourth-order valence-corrected chi connectivity index (χ4v) is 2.38. The van der Waals surface area contributed by atoms with Gasteiger partial charge in [0, 0.05) is 13.6 Å². The number of nitrogens with two attached hydrogens (primary N) is 1. The lowest BCUT2D eigenvalue weighted by Crippen LogP contribution is -2.49. The number of nitrogens with zero attached hydrogens (tertiary/aromatic N) is 1. The zero-order valence-electron chi connectivity index (χ0n) is 11.0. The summed E-state index contributed by atoms with van der Waals surface area (Å²) >= 11 is 5.07. The van der Waals surface area contributed by atoms with Crippen molar-refractivity contribution in [2.75, 3.05) is 13.6 Å². The van der Waals surface area contributed by atoms with Crippen molar-refractivity contribution in [1.29, 1.82) is 0 Å². The monoisotopic (exact) mass is 244 g/mol. The van der Waals surface area contributed by atoms with E-state index in [1.54, 1.807) is 4.90 Å². The van der Waals surface area contributed by atoms with Crippen molar-refractivity contribution in [2.45, 2.75) is 40.5 Å². The molecular formula is C12H24N2OS. The van der Waals surface area contributed by atoms with E-state index in [0.29, 0.717) is 23.7 Å². The van der Waals surface area contributed by atoms with Crippen LogP contribution in [0.4, 0.5) is 0 Å². The average molecular weight is 244 g/mol. The number of thiocarbonyl (C=S) groups is 1. The summed E-state index contributed by atoms with van der Waals surface area (Å²) in [6.07, 6.45) is 1.33. The number of carbonyl (C=O) groups excluding carboxylic acids is 1. The molecule has 1 amide bonds. The average Bonchev–Trinajstić information content (AvgIpc) is 2.18. The summed E-state index contributed by atoms with van der Waals surface area (Å²) in [6, 6.07) is 0. The first kappa shape index (κ1) is 15.4. The lowest BCUT2D eigenvalue weighted by atomic mass is 9.80. The third kappa shape index (κ3) is 3.17. The van der Waals surface area contributed by atoms with Gasteiger partial charge in [-0.1, -0.05) is 39.9 Å². The van der Waals surface area contributed by atoms with Gasteiger partial charge in [-0.2, -0.15) is 0 Å². The van der Waals surface area contributed by atoms with Crippen LogP contribution in [0, 0.1) is 11.3 Å². The van der Waals surface area contributed by atoms with Gasteiger partial charge in [0.2, 0.25) is 5.91 Å². The second-order valence-corrected chi connectivity index (χ2v) is 5.17. The summed E-state index contributed by atoms with van der Waals surface area (Å²) in [5.41, 5.74) is 5.09. The fourth-order valence-electron chi connectivity index (χ4n) is 2.00. The highest BCUT2D eigenvalue weighted by molar-refractivity contribution is 7.80. The van der Waals surface area contributed by atoms with E-state index in [2.05, 4.69) is 13.8 Å². The van der Waals surface area contributed by atoms with Gasteiger partial charge < -0.3 is 10.6 Å². The molecular weight excluding hydrogens is 220 g/mol. The van der Waals surface area contributed by atoms with Crippen molar-refractivity contribution in [3.63, 3.8) is 0 Å². The first-order valence-corrected chi connectivity index (χ1v) is 6.28. The molecule has 3 nitrogen and oxygen atoms in total. The first-order valence-electron chi connectivity index (χ1n) is 5.87. The summed E-state index contributed by atoms with van der Waals surface area (Å²) in [6.45, 7) is 8.84. The second-order valence-electron chi connectivity index (χ2n) is 4.73. The molecule has 0 aromatic carbocycles. The van der Waals surface area contributed by atoms with Crippen molar-refractivity contribution in [1.82, 2.24) is 4.90 Å². The summed E-state index contributed by atoms with van der Waals surface area (Å²) in [5, 5.41) is 0. The van der Waals surface area contributed by atoms with E-state index in [4.69, 9.17) is 18.0 Å². The lowest BCUT2D eigenvalue weighted by molar-refractivity contribution is -0.137. The molecule has 2 N–H and O–H groups in total. The Morgan fingerprint density at radius 1 is 1.38 bits per heavy atom. The molecule has 16 heavy (non-hydrogen) atoms. The highest BCUT2D eigenvalue weighted by Gasteiger charge is 2.39. The topological polar surface area (TPSA) is 46.3 Å². The van der Waals surface area contributed by atoms with Crippen LogP contribution in [-0.4, -0.2) is 29.4 Å². The highest BCUT2D eigenvalue weighted by atomic mass is 32.1. The maximum Gasteiger partial charge on any atom is 0.235 e. The van der Waals surface area contributed by atoms with Crippen LogP contribution in [-0.2, 0) is 4.79 Å². The van der Waals surface area contributed by atoms with Crippen molar-refractivity contribution >= 4 is 23.1 Å². The molecule has 0 fully saturated rings. The predicted molar refractivity (Wildman–Crippen MR) is 72.3 cm³/mol. The van der Waals surface area contributed by atoms with Gasteiger partial charge in [-0.25, -0.2) is 0 Å². The molecule has 0 aromatic heterocycles. The van der Waals surface area contributed by atoms with Crippen LogP contribution in [0.5, 0.6) is 0 Å². The van der Waals surface area contributed by atoms with Crippen LogP contribution in [0.25, 0.3) is 0 Å². The maximum atomic E-state index is 12.4. The molecule has 4 heteroatoms. The summed E-state index contributed by atoms with van der Waals surface area (Å²) < 4.78 is 0. The van der Waals surface area contributed by atoms with Gasteiger partial charge in [0.25, 0.3) is 0 Å². The number of rotatable bonds is 6. The number of hydrogen-bond donors (Lipinski definition) is 1. The van der Waals surface area contributed by atoms with E-state index < -0.39 is 5.41 Å². The minimum atomic E-state index is -0.654. The third-order valence-corrected chi connectivity index (χ3v) is 3.46. The van der Waals surface area contributed by atoms with Gasteiger partial charge in [-0.15, -0.1) is 0 Å². The highest BCUT2D eigenvalue weighted by Crippen LogP contribution is 2.29. The van der Waals surface area contributed by atoms with Crippen molar-refractivity contribution < 1.29 is 4.79 Å². The van der Waals surface area contributed by atoms with Gasteiger partial charge in [-0.05, 0) is 18.8 Å². The van der Waals surface area contributed by atoms with Gasteiger partial charge in [0.1, 0.15) is 0 Å². The third-order valence-electron chi connectivity index (χ3n) is 3.07. The molecule has 0 saturated carbocycles. The van der Waals surface area contributed by atoms with E-state index in [1.807, 2.05) is 20.9 Å². The quantitative estimate of drug-likeness (QED) is 0.729. The van der Waals surface area contributed by atoms with E-state index >= 15 is 0 Å². The fraction of sp³-hybridized carbons (Fsp3) is 0.833. The molecule has 0 aliphatic rings. The van der Waals surface area contributed by atoms with Crippen LogP contribution >= 0.6 is 12.2 Å². The normalized spacial score (nSPS) is 11.6. The second kappa shape index (κ2) is 6.18. The predicted octanol–water partition coefficient (Wildman–Crippen LogP) is 2.19. The summed E-state index contributed by atoms with van der Waals surface area (Å²) in [5.74, 6) is 0.505. The molecule has 0 rings (SSSR count). The van der Waals surface area contributed by atoms with Crippen molar-refractivity contribution in [3.05, 3.63) is 0 Å². The van der Waals surface area contributed by atoms with Crippen molar-refractivity contribution in [3.8, 4) is 0 Å². The molecule has 0 spiro atoms. The molecule has 0 aliphatic heterocycles. The van der Waals surface area contributed by atoms with Crippen LogP contribution in [0.15, 0.2) is 0 Å². The minimum absolute atomic E-state index is 0.0544. The zero-order chi connectivity index (χ0) is 12.9. The molecule has 0 unspecified atom stereocenters. The first-order chi connectivity index (χ1) is 7.31. The Morgan fingerprint density at radius 2 is 1.81 bits per heavy atom. The van der Waals surface area contributed by atoms with Gasteiger partial charge >= 0.3 is 0 Å². The Balaban J connectivity index is 4.95. The summed E-state index contributed by atoms with van der Waals surface area (Å²) in [4.78, 5) is 14.4. The van der Waals surface area contributed by atoms with E-state index in [-0.39, 0.29) is 5.91 Å². The Morgan fingerprint density at radius 3 is 2.06 bits per heavy atom. The SMILES string of the molecule is CCC(CC)(C(=O)N(C)CC(C)C)C(N)=S. The Kier molecular flexibility index (Phi) is 5.94. The standard InChI is InChI=1S/C12H24N2OS/c1-6-12(7-2,10(13)16)11(15)14(5)8-9(3)4/h9H,6-8H2,1-5H3,(H2,13,16). The van der Waals surface area contributed by atoms with Crippen LogP contribution in [0.2, 0.25) is 0 Å². The molecule has 0 radical (unpaired) electrons. The Bertz CT molecular complexity index is 260. The molecule has 0 saturated heterocycles. The Hall–Kier alpha value is -0.640. The molecule has 0 aliphatic carbocycles. The zero-order valence-corrected chi connectivity index (χ0v) is 11.9. The van der Waals surface area contributed by atoms with Crippen molar-refractivity contribution in [2.24, 2.45) is 17.1 Å². The lowest BCUT2D eigenvalue weighted by Gasteiger charge is -2.34. The van der Waals surface area contributed by atoms with E-state index in [9.17, 15) is 4.79 Å². The molecule has 0 bridgehead atoms. The Labute approximate surface area is 104 Å². The number of amides is 1. The molecule has 0 aromatic rings. The molecule has 94 valence electrons. The smallest absolute Gasteiger partial charge is 0.235 e. The van der Waals surface area contributed by atoms with Crippen LogP contribution in [0.1, 0.15) is 40.5 Å². The van der Waals surface area contributed by atoms with Gasteiger partial charge in [0.05, 0.1) is 10.4 Å². The molecule has 0 atom stereocenters. The largest absolute Gasteiger partial charge is 0.392 e. The van der Waals surface area contributed by atoms with Gasteiger partial charge in [-0.3, -0.25) is 4.79 Å². The van der Waals surface area contributed by atoms with Gasteiger partial charge in [0.15, 0.2) is 0 Å². The molecule has 0 heterocycles. The maximum absolute atomic E-state index is 12.4. The summed E-state index contributed by atoms with van der Waals surface area (Å²) in [7, 11) is 1.82. The van der Waals surface area contributed by atoms with Crippen LogP contribution in [0.3, 0.4) is 0 Å². The van der Waals surface area contributed by atoms with E-state index in [0.717, 1.165) is 6.54 Å². The van der Waals surface area contributed by atoms with E-state index in [1.165, 1.54) is 0 Å². The number of carbonyl (C=O) groups is 1.